The van der Waals surface area contributed by atoms with E-state index in [2.05, 4.69) is 91.9 Å². The van der Waals surface area contributed by atoms with E-state index in [1.807, 2.05) is 0 Å². The van der Waals surface area contributed by atoms with Crippen LogP contribution in [0.25, 0.3) is 0 Å². The minimum Gasteiger partial charge on any atom is -0.0801 e. The van der Waals surface area contributed by atoms with E-state index in [1.165, 1.54) is 17.0 Å². The molecule has 0 fully saturated rings. The number of allylic oxidation sites excluding steroid dienone is 4. The molecule has 1 aliphatic rings. The second kappa shape index (κ2) is 5.83. The summed E-state index contributed by atoms with van der Waals surface area (Å²) in [6, 6.07) is 21.5. The first-order valence-corrected chi connectivity index (χ1v) is 7.19. The first-order chi connectivity index (χ1) is 9.86. The lowest BCUT2D eigenvalue weighted by Crippen LogP contribution is -2.20. The molecule has 0 bridgehead atoms. The molecule has 20 heavy (non-hydrogen) atoms. The second-order valence-electron chi connectivity index (χ2n) is 5.30. The van der Waals surface area contributed by atoms with Crippen molar-refractivity contribution >= 4 is 0 Å². The van der Waals surface area contributed by atoms with Crippen LogP contribution in [0.15, 0.2) is 85.0 Å². The first kappa shape index (κ1) is 12.8. The molecule has 3 rings (SSSR count). The molecule has 0 radical (unpaired) electrons. The first-order valence-electron chi connectivity index (χ1n) is 7.19. The highest BCUT2D eigenvalue weighted by Crippen LogP contribution is 2.37. The van der Waals surface area contributed by atoms with Gasteiger partial charge in [-0.2, -0.15) is 0 Å². The molecule has 0 aliphatic heterocycles. The molecule has 2 aromatic carbocycles. The van der Waals surface area contributed by atoms with Gasteiger partial charge < -0.3 is 0 Å². The standard InChI is InChI=1S/C20H19/c1-16-10-8-9-15-19(16)20(17-11-4-2-5-12-17)18-13-6-3-7-14-18/h2-16,19H,1H3/q+1. The third-order valence-electron chi connectivity index (χ3n) is 3.91. The third kappa shape index (κ3) is 2.55. The number of benzene rings is 2. The van der Waals surface area contributed by atoms with Gasteiger partial charge in [-0.3, -0.25) is 0 Å². The quantitative estimate of drug-likeness (QED) is 0.678. The Morgan fingerprint density at radius 1 is 0.700 bits per heavy atom. The second-order valence-corrected chi connectivity index (χ2v) is 5.30. The lowest BCUT2D eigenvalue weighted by Gasteiger charge is -2.26. The maximum absolute atomic E-state index is 2.32. The van der Waals surface area contributed by atoms with E-state index in [9.17, 15) is 0 Å². The lowest BCUT2D eigenvalue weighted by atomic mass is 9.73. The van der Waals surface area contributed by atoms with E-state index in [0.717, 1.165) is 0 Å². The van der Waals surface area contributed by atoms with Gasteiger partial charge in [0, 0.05) is 30.2 Å². The molecular formula is C20H19+. The molecule has 1 aliphatic carbocycles. The molecule has 0 nitrogen and oxygen atoms in total. The van der Waals surface area contributed by atoms with Crippen LogP contribution in [0.1, 0.15) is 18.1 Å². The Balaban J connectivity index is 2.05. The molecule has 2 unspecified atom stereocenters. The Labute approximate surface area is 121 Å². The van der Waals surface area contributed by atoms with Gasteiger partial charge in [-0.15, -0.1) is 0 Å². The van der Waals surface area contributed by atoms with Gasteiger partial charge in [0.05, 0.1) is 17.0 Å². The van der Waals surface area contributed by atoms with E-state index < -0.39 is 0 Å². The fraction of sp³-hybridized carbons (Fsp3) is 0.150. The van der Waals surface area contributed by atoms with Gasteiger partial charge in [0.2, 0.25) is 0 Å². The molecule has 0 saturated heterocycles. The van der Waals surface area contributed by atoms with Crippen molar-refractivity contribution < 1.29 is 0 Å². The molecule has 2 aromatic rings. The van der Waals surface area contributed by atoms with E-state index in [-0.39, 0.29) is 0 Å². The van der Waals surface area contributed by atoms with Crippen LogP contribution < -0.4 is 0 Å². The summed E-state index contributed by atoms with van der Waals surface area (Å²) in [7, 11) is 0. The molecule has 0 amide bonds. The highest BCUT2D eigenvalue weighted by molar-refractivity contribution is 5.49. The Kier molecular flexibility index (Phi) is 3.73. The molecule has 0 spiro atoms. The molecule has 0 heteroatoms. The van der Waals surface area contributed by atoms with Crippen molar-refractivity contribution in [2.24, 2.45) is 11.8 Å². The maximum Gasteiger partial charge on any atom is 0.0762 e. The lowest BCUT2D eigenvalue weighted by molar-refractivity contribution is 0.545. The zero-order valence-corrected chi connectivity index (χ0v) is 11.7. The van der Waals surface area contributed by atoms with Gasteiger partial charge in [-0.25, -0.2) is 0 Å². The van der Waals surface area contributed by atoms with Crippen molar-refractivity contribution in [3.63, 3.8) is 0 Å². The number of rotatable bonds is 3. The van der Waals surface area contributed by atoms with Gasteiger partial charge in [0.25, 0.3) is 0 Å². The zero-order chi connectivity index (χ0) is 13.8. The summed E-state index contributed by atoms with van der Waals surface area (Å²) in [5.41, 5.74) is 2.63. The monoisotopic (exact) mass is 259 g/mol. The molecular weight excluding hydrogens is 240 g/mol. The molecule has 2 atom stereocenters. The summed E-state index contributed by atoms with van der Waals surface area (Å²) in [5.74, 6) is 2.37. The highest BCUT2D eigenvalue weighted by Gasteiger charge is 2.31. The van der Waals surface area contributed by atoms with Gasteiger partial charge in [-0.1, -0.05) is 31.2 Å². The third-order valence-corrected chi connectivity index (χ3v) is 3.91. The number of hydrogen-bond donors (Lipinski definition) is 0. The predicted octanol–water partition coefficient (Wildman–Crippen LogP) is 5.04. The summed E-state index contributed by atoms with van der Waals surface area (Å²) in [6.07, 6.45) is 8.92. The van der Waals surface area contributed by atoms with Gasteiger partial charge >= 0.3 is 0 Å². The molecule has 98 valence electrons. The van der Waals surface area contributed by atoms with E-state index >= 15 is 0 Å². The van der Waals surface area contributed by atoms with Crippen LogP contribution in [0.5, 0.6) is 0 Å². The predicted molar refractivity (Wildman–Crippen MR) is 85.3 cm³/mol. The van der Waals surface area contributed by atoms with Crippen LogP contribution in [0.3, 0.4) is 0 Å². The van der Waals surface area contributed by atoms with E-state index in [0.29, 0.717) is 11.8 Å². The fourth-order valence-electron chi connectivity index (χ4n) is 2.86. The van der Waals surface area contributed by atoms with Gasteiger partial charge in [0.1, 0.15) is 0 Å². The Morgan fingerprint density at radius 3 is 1.70 bits per heavy atom. The minimum absolute atomic E-state index is 0.435. The van der Waals surface area contributed by atoms with Crippen LogP contribution in [-0.4, -0.2) is 0 Å². The Hall–Kier alpha value is -2.21. The summed E-state index contributed by atoms with van der Waals surface area (Å²) >= 11 is 0. The van der Waals surface area contributed by atoms with Crippen LogP contribution in [0.4, 0.5) is 0 Å². The largest absolute Gasteiger partial charge is 0.0801 e. The fourth-order valence-corrected chi connectivity index (χ4v) is 2.86. The molecule has 0 aromatic heterocycles. The average molecular weight is 259 g/mol. The van der Waals surface area contributed by atoms with Crippen LogP contribution in [0.2, 0.25) is 0 Å². The normalized spacial score (nSPS) is 20.9. The summed E-state index contributed by atoms with van der Waals surface area (Å²) < 4.78 is 0. The maximum atomic E-state index is 2.32. The SMILES string of the molecule is CC1C=CC=CC1[C+](c1ccccc1)c1ccccc1. The summed E-state index contributed by atoms with van der Waals surface area (Å²) in [4.78, 5) is 0. The van der Waals surface area contributed by atoms with Crippen molar-refractivity contribution in [2.45, 2.75) is 6.92 Å². The Bertz CT molecular complexity index is 553. The molecule has 0 saturated carbocycles. The molecule has 0 heterocycles. The summed E-state index contributed by atoms with van der Waals surface area (Å²) in [5, 5.41) is 0. The summed E-state index contributed by atoms with van der Waals surface area (Å²) in [6.45, 7) is 2.29. The molecule has 0 N–H and O–H groups in total. The van der Waals surface area contributed by atoms with Crippen LogP contribution in [-0.2, 0) is 0 Å². The van der Waals surface area contributed by atoms with Crippen molar-refractivity contribution in [1.29, 1.82) is 0 Å². The highest BCUT2D eigenvalue weighted by atomic mass is 14.3. The van der Waals surface area contributed by atoms with Crippen LogP contribution >= 0.6 is 0 Å². The van der Waals surface area contributed by atoms with Crippen molar-refractivity contribution in [3.8, 4) is 0 Å². The van der Waals surface area contributed by atoms with Crippen LogP contribution in [0, 0.1) is 17.8 Å². The minimum atomic E-state index is 0.435. The van der Waals surface area contributed by atoms with Crippen molar-refractivity contribution in [1.82, 2.24) is 0 Å². The van der Waals surface area contributed by atoms with E-state index in [1.54, 1.807) is 0 Å². The zero-order valence-electron chi connectivity index (χ0n) is 11.7. The Morgan fingerprint density at radius 2 is 1.20 bits per heavy atom. The van der Waals surface area contributed by atoms with Crippen molar-refractivity contribution in [2.75, 3.05) is 0 Å². The average Bonchev–Trinajstić information content (AvgIpc) is 2.52. The van der Waals surface area contributed by atoms with Gasteiger partial charge in [-0.05, 0) is 42.3 Å². The van der Waals surface area contributed by atoms with Crippen molar-refractivity contribution in [3.05, 3.63) is 102 Å². The number of hydrogen-bond acceptors (Lipinski definition) is 0. The van der Waals surface area contributed by atoms with Gasteiger partial charge in [0.15, 0.2) is 0 Å². The smallest absolute Gasteiger partial charge is 0.0762 e. The van der Waals surface area contributed by atoms with E-state index in [4.69, 9.17) is 0 Å². The topological polar surface area (TPSA) is 0 Å².